The number of nitrogens with one attached hydrogen (secondary N) is 1. The summed E-state index contributed by atoms with van der Waals surface area (Å²) >= 11 is 0. The number of anilines is 3. The third-order valence-electron chi connectivity index (χ3n) is 5.86. The Morgan fingerprint density at radius 3 is 2.79 bits per heavy atom. The van der Waals surface area contributed by atoms with Crippen molar-refractivity contribution in [3.63, 3.8) is 0 Å². The minimum Gasteiger partial charge on any atom is -1.00 e. The average molecular weight is 470 g/mol. The van der Waals surface area contributed by atoms with Gasteiger partial charge < -0.3 is 25.9 Å². The van der Waals surface area contributed by atoms with Crippen molar-refractivity contribution in [1.82, 2.24) is 4.98 Å². The van der Waals surface area contributed by atoms with Crippen LogP contribution in [0.1, 0.15) is 45.0 Å². The number of pyridine rings is 1. The molecule has 2 aromatic carbocycles. The van der Waals surface area contributed by atoms with Crippen molar-refractivity contribution in [2.24, 2.45) is 0 Å². The van der Waals surface area contributed by atoms with Crippen molar-refractivity contribution in [2.45, 2.75) is 32.4 Å². The summed E-state index contributed by atoms with van der Waals surface area (Å²) in [5.74, 6) is 2.23. The van der Waals surface area contributed by atoms with E-state index in [9.17, 15) is 4.79 Å². The van der Waals surface area contributed by atoms with Gasteiger partial charge in [0.1, 0.15) is 30.5 Å². The molecule has 0 spiro atoms. The number of hydrogen-bond donors (Lipinski definition) is 1. The molecule has 0 bridgehead atoms. The predicted octanol–water partition coefficient (Wildman–Crippen LogP) is 2.29. The van der Waals surface area contributed by atoms with E-state index in [1.807, 2.05) is 42.6 Å². The van der Waals surface area contributed by atoms with Crippen LogP contribution in [0.15, 0.2) is 60.8 Å². The van der Waals surface area contributed by atoms with E-state index < -0.39 is 0 Å². The van der Waals surface area contributed by atoms with Gasteiger partial charge in [-0.3, -0.25) is 4.79 Å². The van der Waals surface area contributed by atoms with Crippen molar-refractivity contribution < 1.29 is 50.0 Å². The van der Waals surface area contributed by atoms with Gasteiger partial charge in [0.15, 0.2) is 6.10 Å². The average Bonchev–Trinajstić information content (AvgIpc) is 3.42. The van der Waals surface area contributed by atoms with Gasteiger partial charge in [0.05, 0.1) is 11.7 Å². The van der Waals surface area contributed by atoms with Crippen LogP contribution in [0, 0.1) is 0 Å². The molecule has 1 aromatic heterocycles. The number of fused-ring (bicyclic) bond motifs is 2. The second kappa shape index (κ2) is 10.7. The molecule has 34 heavy (non-hydrogen) atoms. The van der Waals surface area contributed by atoms with E-state index in [4.69, 9.17) is 14.2 Å². The van der Waals surface area contributed by atoms with Crippen LogP contribution < -0.4 is 49.2 Å². The maximum atomic E-state index is 11.3. The van der Waals surface area contributed by atoms with Crippen molar-refractivity contribution in [2.75, 3.05) is 30.0 Å². The smallest absolute Gasteiger partial charge is 1.00 e. The maximum Gasteiger partial charge on any atom is 1.00 e. The molecule has 0 amide bonds. The number of esters is 1. The van der Waals surface area contributed by atoms with Crippen LogP contribution in [-0.2, 0) is 9.53 Å². The number of benzene rings is 2. The molecule has 2 aliphatic rings. The van der Waals surface area contributed by atoms with Gasteiger partial charge in [-0.05, 0) is 36.8 Å². The normalized spacial score (nSPS) is 17.5. The van der Waals surface area contributed by atoms with E-state index in [1.54, 1.807) is 0 Å². The largest absolute Gasteiger partial charge is 1.00 e. The van der Waals surface area contributed by atoms with Gasteiger partial charge in [-0.2, -0.15) is 0 Å². The van der Waals surface area contributed by atoms with E-state index in [0.717, 1.165) is 52.8 Å². The molecule has 3 aromatic rings. The third-order valence-corrected chi connectivity index (χ3v) is 5.86. The van der Waals surface area contributed by atoms with Crippen LogP contribution in [0.5, 0.6) is 11.5 Å². The van der Waals surface area contributed by atoms with Crippen LogP contribution in [0.4, 0.5) is 17.2 Å². The van der Waals surface area contributed by atoms with Crippen LogP contribution in [0.2, 0.25) is 0 Å². The quantitative estimate of drug-likeness (QED) is 0.421. The second-order valence-corrected chi connectivity index (χ2v) is 8.20. The zero-order valence-corrected chi connectivity index (χ0v) is 21.8. The van der Waals surface area contributed by atoms with Gasteiger partial charge in [-0.25, -0.2) is 4.98 Å². The van der Waals surface area contributed by atoms with Crippen molar-refractivity contribution in [1.29, 1.82) is 0 Å². The Morgan fingerprint density at radius 1 is 1.15 bits per heavy atom. The van der Waals surface area contributed by atoms with E-state index in [0.29, 0.717) is 13.2 Å². The monoisotopic (exact) mass is 469 g/mol. The molecule has 2 atom stereocenters. The Labute approximate surface area is 223 Å². The minimum atomic E-state index is -0.346. The zero-order chi connectivity index (χ0) is 22.8. The minimum absolute atomic E-state index is 0. The molecule has 0 radical (unpaired) electrons. The van der Waals surface area contributed by atoms with E-state index in [1.165, 1.54) is 6.92 Å². The summed E-state index contributed by atoms with van der Waals surface area (Å²) in [4.78, 5) is 18.1. The Hall–Kier alpha value is -2.74. The fourth-order valence-electron chi connectivity index (χ4n) is 4.43. The number of nitrogens with zero attached hydrogens (tertiary/aromatic N) is 2. The molecule has 1 N–H and O–H groups in total. The van der Waals surface area contributed by atoms with E-state index >= 15 is 0 Å². The summed E-state index contributed by atoms with van der Waals surface area (Å²) in [6.07, 6.45) is 2.46. The first-order valence-corrected chi connectivity index (χ1v) is 11.3. The summed E-state index contributed by atoms with van der Waals surface area (Å²) in [6.45, 7) is 5.29. The number of ether oxygens (including phenoxy) is 3. The van der Waals surface area contributed by atoms with E-state index in [-0.39, 0.29) is 49.1 Å². The Bertz CT molecular complexity index is 1160. The van der Waals surface area contributed by atoms with Crippen molar-refractivity contribution >= 4 is 23.2 Å². The molecule has 0 unspecified atom stereocenters. The van der Waals surface area contributed by atoms with Crippen LogP contribution in [-0.4, -0.2) is 30.7 Å². The van der Waals surface area contributed by atoms with Crippen LogP contribution in [0.3, 0.4) is 0 Å². The molecule has 2 aliphatic heterocycles. The molecular weight excluding hydrogens is 441 g/mol. The topological polar surface area (TPSA) is 72.9 Å². The summed E-state index contributed by atoms with van der Waals surface area (Å²) in [7, 11) is 0. The molecule has 0 saturated carbocycles. The van der Waals surface area contributed by atoms with Gasteiger partial charge in [0.25, 0.3) is 0 Å². The Kier molecular flexibility index (Phi) is 7.66. The Morgan fingerprint density at radius 2 is 2.03 bits per heavy atom. The first-order chi connectivity index (χ1) is 16.1. The van der Waals surface area contributed by atoms with Crippen LogP contribution in [0.25, 0.3) is 0 Å². The van der Waals surface area contributed by atoms with Gasteiger partial charge in [0.2, 0.25) is 0 Å². The number of aromatic nitrogens is 1. The number of carbonyl (C=O) groups is 1. The van der Waals surface area contributed by atoms with Gasteiger partial charge in [0, 0.05) is 42.5 Å². The summed E-state index contributed by atoms with van der Waals surface area (Å²) in [6, 6.07) is 18.1. The molecule has 8 heteroatoms. The Balaban J connectivity index is 0.00000171. The maximum absolute atomic E-state index is 11.3. The second-order valence-electron chi connectivity index (χ2n) is 8.20. The molecule has 172 valence electrons. The first-order valence-electron chi connectivity index (χ1n) is 11.3. The summed E-state index contributed by atoms with van der Waals surface area (Å²) < 4.78 is 17.3. The molecule has 3 heterocycles. The number of para-hydroxylation sites is 1. The zero-order valence-electron chi connectivity index (χ0n) is 20.8. The van der Waals surface area contributed by atoms with Gasteiger partial charge >= 0.3 is 35.5 Å². The molecule has 7 nitrogen and oxygen atoms in total. The molecule has 5 rings (SSSR count). The van der Waals surface area contributed by atoms with Gasteiger partial charge in [-0.1, -0.05) is 25.1 Å². The fraction of sp³-hybridized carbons (Fsp3) is 0.308. The number of rotatable bonds is 7. The summed E-state index contributed by atoms with van der Waals surface area (Å²) in [5, 5.41) is 3.57. The SMILES string of the molecule is CCCN(c1ccccn1)c1cccc2c1OC[C@H]2Nc1ccc2c(c1)OC[C@H]2OC(C)=O.[H-].[Na+]. The summed E-state index contributed by atoms with van der Waals surface area (Å²) in [5.41, 5.74) is 3.97. The van der Waals surface area contributed by atoms with Crippen LogP contribution >= 0.6 is 0 Å². The van der Waals surface area contributed by atoms with Crippen molar-refractivity contribution in [3.05, 3.63) is 71.9 Å². The third kappa shape index (κ3) is 4.87. The fourth-order valence-corrected chi connectivity index (χ4v) is 4.43. The number of carbonyl (C=O) groups excluding carboxylic acids is 1. The standard InChI is InChI=1S/C26H27N3O4.Na.H/c1-3-13-29(25-9-4-5-12-27-25)22-8-6-7-19-21(15-32-26(19)22)28-18-10-11-20-23(14-18)31-16-24(20)33-17(2)30;;/h4-12,14,21,24,28H,3,13,15-16H2,1-2H3;;/q;+1;-1/t21-,24-;;/m1../s1. The number of hydrogen-bond acceptors (Lipinski definition) is 7. The molecule has 0 fully saturated rings. The predicted molar refractivity (Wildman–Crippen MR) is 127 cm³/mol. The molecular formula is C26H28N3NaO4. The molecule has 0 saturated heterocycles. The molecule has 0 aliphatic carbocycles. The van der Waals surface area contributed by atoms with E-state index in [2.05, 4.69) is 40.3 Å². The first kappa shape index (κ1) is 24.4. The van der Waals surface area contributed by atoms with Crippen molar-refractivity contribution in [3.8, 4) is 11.5 Å². The van der Waals surface area contributed by atoms with Gasteiger partial charge in [-0.15, -0.1) is 0 Å².